The van der Waals surface area contributed by atoms with Gasteiger partial charge in [0.2, 0.25) is 0 Å². The molecule has 1 heterocycles. The first-order chi connectivity index (χ1) is 8.56. The molecule has 0 aliphatic carbocycles. The van der Waals surface area contributed by atoms with E-state index in [-0.39, 0.29) is 11.9 Å². The van der Waals surface area contributed by atoms with Gasteiger partial charge in [-0.2, -0.15) is 0 Å². The normalized spacial score (nSPS) is 12.4. The predicted octanol–water partition coefficient (Wildman–Crippen LogP) is 3.53. The Kier molecular flexibility index (Phi) is 4.09. The van der Waals surface area contributed by atoms with Gasteiger partial charge in [0.05, 0.1) is 11.7 Å². The average molecular weight is 309 g/mol. The van der Waals surface area contributed by atoms with E-state index in [1.165, 1.54) is 12.1 Å². The second-order valence-corrected chi connectivity index (χ2v) is 5.20. The highest BCUT2D eigenvalue weighted by Gasteiger charge is 2.10. The number of rotatable bonds is 3. The average Bonchev–Trinajstić information content (AvgIpc) is 2.33. The summed E-state index contributed by atoms with van der Waals surface area (Å²) in [7, 11) is 0. The summed E-state index contributed by atoms with van der Waals surface area (Å²) in [4.78, 5) is 4.28. The molecule has 18 heavy (non-hydrogen) atoms. The Morgan fingerprint density at radius 2 is 2.11 bits per heavy atom. The zero-order valence-corrected chi connectivity index (χ0v) is 11.6. The second-order valence-electron chi connectivity index (χ2n) is 4.28. The maximum absolute atomic E-state index is 13.0. The third-order valence-corrected chi connectivity index (χ3v) is 3.34. The highest BCUT2D eigenvalue weighted by molar-refractivity contribution is 9.10. The van der Waals surface area contributed by atoms with Gasteiger partial charge in [0.15, 0.2) is 0 Å². The van der Waals surface area contributed by atoms with E-state index in [9.17, 15) is 4.39 Å². The summed E-state index contributed by atoms with van der Waals surface area (Å²) in [5.41, 5.74) is 8.92. The van der Waals surface area contributed by atoms with Gasteiger partial charge in [0.1, 0.15) is 5.82 Å². The summed E-state index contributed by atoms with van der Waals surface area (Å²) in [6.45, 7) is 1.89. The first-order valence-electron chi connectivity index (χ1n) is 5.68. The minimum Gasteiger partial charge on any atom is -0.322 e. The molecule has 94 valence electrons. The topological polar surface area (TPSA) is 38.9 Å². The Morgan fingerprint density at radius 1 is 1.33 bits per heavy atom. The van der Waals surface area contributed by atoms with Crippen molar-refractivity contribution < 1.29 is 4.39 Å². The summed E-state index contributed by atoms with van der Waals surface area (Å²) in [6, 6.07) is 8.40. The number of hydrogen-bond donors (Lipinski definition) is 1. The van der Waals surface area contributed by atoms with Crippen molar-refractivity contribution in [2.75, 3.05) is 0 Å². The van der Waals surface area contributed by atoms with Crippen LogP contribution in [0.25, 0.3) is 0 Å². The van der Waals surface area contributed by atoms with E-state index in [0.717, 1.165) is 21.3 Å². The lowest BCUT2D eigenvalue weighted by Crippen LogP contribution is -2.15. The monoisotopic (exact) mass is 308 g/mol. The Morgan fingerprint density at radius 3 is 2.72 bits per heavy atom. The molecule has 2 rings (SSSR count). The third kappa shape index (κ3) is 3.15. The van der Waals surface area contributed by atoms with E-state index in [0.29, 0.717) is 6.42 Å². The summed E-state index contributed by atoms with van der Waals surface area (Å²) in [5.74, 6) is -0.216. The second kappa shape index (κ2) is 5.59. The van der Waals surface area contributed by atoms with Crippen LogP contribution in [0.15, 0.2) is 41.0 Å². The maximum atomic E-state index is 13.0. The van der Waals surface area contributed by atoms with Gasteiger partial charge in [-0.1, -0.05) is 6.07 Å². The minimum absolute atomic E-state index is 0.178. The molecule has 0 bridgehead atoms. The third-order valence-electron chi connectivity index (χ3n) is 2.87. The van der Waals surface area contributed by atoms with Crippen molar-refractivity contribution in [2.45, 2.75) is 19.4 Å². The van der Waals surface area contributed by atoms with Crippen LogP contribution in [0, 0.1) is 12.7 Å². The molecule has 4 heteroatoms. The summed E-state index contributed by atoms with van der Waals surface area (Å²) in [6.07, 6.45) is 2.38. The van der Waals surface area contributed by atoms with Crippen LogP contribution in [-0.2, 0) is 6.42 Å². The van der Waals surface area contributed by atoms with Crippen molar-refractivity contribution >= 4 is 15.9 Å². The van der Waals surface area contributed by atoms with Crippen LogP contribution in [0.2, 0.25) is 0 Å². The fourth-order valence-corrected chi connectivity index (χ4v) is 2.07. The van der Waals surface area contributed by atoms with E-state index in [1.807, 2.05) is 19.1 Å². The quantitative estimate of drug-likeness (QED) is 0.942. The molecular weight excluding hydrogens is 295 g/mol. The molecule has 0 aliphatic heterocycles. The number of pyridine rings is 1. The molecule has 0 amide bonds. The van der Waals surface area contributed by atoms with Crippen molar-refractivity contribution in [3.8, 4) is 0 Å². The molecule has 0 aliphatic rings. The van der Waals surface area contributed by atoms with Crippen molar-refractivity contribution in [1.29, 1.82) is 0 Å². The molecule has 1 unspecified atom stereocenters. The zero-order valence-electron chi connectivity index (χ0n) is 10.0. The van der Waals surface area contributed by atoms with Gasteiger partial charge in [-0.15, -0.1) is 0 Å². The number of halogens is 2. The minimum atomic E-state index is -0.216. The summed E-state index contributed by atoms with van der Waals surface area (Å²) in [5, 5.41) is 0. The molecule has 0 spiro atoms. The van der Waals surface area contributed by atoms with Crippen LogP contribution >= 0.6 is 15.9 Å². The fraction of sp³-hybridized carbons (Fsp3) is 0.214. The standard InChI is InChI=1S/C14H14BrFN2/c1-9-6-12(16)4-2-10(9)7-13(17)14-5-3-11(15)8-18-14/h2-6,8,13H,7,17H2,1H3. The molecule has 0 fully saturated rings. The summed E-state index contributed by atoms with van der Waals surface area (Å²) < 4.78 is 13.9. The van der Waals surface area contributed by atoms with Gasteiger partial charge in [-0.05, 0) is 64.7 Å². The number of benzene rings is 1. The fourth-order valence-electron chi connectivity index (χ4n) is 1.84. The van der Waals surface area contributed by atoms with E-state index < -0.39 is 0 Å². The van der Waals surface area contributed by atoms with Crippen molar-refractivity contribution in [2.24, 2.45) is 5.73 Å². The van der Waals surface area contributed by atoms with Crippen molar-refractivity contribution in [3.05, 3.63) is 63.6 Å². The van der Waals surface area contributed by atoms with Gasteiger partial charge >= 0.3 is 0 Å². The lowest BCUT2D eigenvalue weighted by Gasteiger charge is -2.13. The smallest absolute Gasteiger partial charge is 0.123 e. The van der Waals surface area contributed by atoms with E-state index in [1.54, 1.807) is 12.3 Å². The molecule has 2 N–H and O–H groups in total. The van der Waals surface area contributed by atoms with E-state index >= 15 is 0 Å². The summed E-state index contributed by atoms with van der Waals surface area (Å²) >= 11 is 3.34. The Balaban J connectivity index is 2.15. The molecule has 1 atom stereocenters. The lowest BCUT2D eigenvalue weighted by molar-refractivity contribution is 0.623. The highest BCUT2D eigenvalue weighted by Crippen LogP contribution is 2.19. The van der Waals surface area contributed by atoms with Gasteiger partial charge in [-0.3, -0.25) is 4.98 Å². The van der Waals surface area contributed by atoms with E-state index in [4.69, 9.17) is 5.73 Å². The molecule has 2 aromatic rings. The van der Waals surface area contributed by atoms with Crippen LogP contribution < -0.4 is 5.73 Å². The first kappa shape index (κ1) is 13.2. The Bertz CT molecular complexity index is 540. The van der Waals surface area contributed by atoms with Gasteiger partial charge in [0, 0.05) is 10.7 Å². The highest BCUT2D eigenvalue weighted by atomic mass is 79.9. The van der Waals surface area contributed by atoms with Crippen LogP contribution in [0.4, 0.5) is 4.39 Å². The lowest BCUT2D eigenvalue weighted by atomic mass is 9.99. The van der Waals surface area contributed by atoms with Crippen molar-refractivity contribution in [1.82, 2.24) is 4.98 Å². The van der Waals surface area contributed by atoms with Crippen molar-refractivity contribution in [3.63, 3.8) is 0 Å². The number of aromatic nitrogens is 1. The number of aryl methyl sites for hydroxylation is 1. The zero-order chi connectivity index (χ0) is 13.1. The molecule has 1 aromatic carbocycles. The van der Waals surface area contributed by atoms with Gasteiger partial charge < -0.3 is 5.73 Å². The predicted molar refractivity (Wildman–Crippen MR) is 73.7 cm³/mol. The van der Waals surface area contributed by atoms with Crippen LogP contribution in [0.1, 0.15) is 22.9 Å². The van der Waals surface area contributed by atoms with Crippen LogP contribution in [0.3, 0.4) is 0 Å². The van der Waals surface area contributed by atoms with Gasteiger partial charge in [-0.25, -0.2) is 4.39 Å². The maximum Gasteiger partial charge on any atom is 0.123 e. The number of hydrogen-bond acceptors (Lipinski definition) is 2. The van der Waals surface area contributed by atoms with Crippen LogP contribution in [-0.4, -0.2) is 4.98 Å². The van der Waals surface area contributed by atoms with E-state index in [2.05, 4.69) is 20.9 Å². The Hall–Kier alpha value is -1.26. The number of nitrogens with zero attached hydrogens (tertiary/aromatic N) is 1. The Labute approximate surface area is 114 Å². The van der Waals surface area contributed by atoms with Crippen LogP contribution in [0.5, 0.6) is 0 Å². The van der Waals surface area contributed by atoms with Gasteiger partial charge in [0.25, 0.3) is 0 Å². The molecule has 0 saturated heterocycles. The molecule has 1 aromatic heterocycles. The molecule has 2 nitrogen and oxygen atoms in total. The molecule has 0 saturated carbocycles. The molecule has 0 radical (unpaired) electrons. The first-order valence-corrected chi connectivity index (χ1v) is 6.47. The largest absolute Gasteiger partial charge is 0.322 e. The molecular formula is C14H14BrFN2. The number of nitrogens with two attached hydrogens (primary N) is 1. The SMILES string of the molecule is Cc1cc(F)ccc1CC(N)c1ccc(Br)cn1.